The molecule has 0 rings (SSSR count). The number of likely N-dealkylation sites (N-methyl/N-ethyl adjacent to an activating group) is 1. The fourth-order valence-corrected chi connectivity index (χ4v) is 1.20. The lowest BCUT2D eigenvalue weighted by molar-refractivity contribution is -0.132. The molecule has 0 aromatic carbocycles. The molecular formula is C10H22N2O2. The summed E-state index contributed by atoms with van der Waals surface area (Å²) in [7, 11) is 3.46. The van der Waals surface area contributed by atoms with Gasteiger partial charge in [-0.25, -0.2) is 0 Å². The van der Waals surface area contributed by atoms with E-state index in [4.69, 9.17) is 10.5 Å². The third-order valence-electron chi connectivity index (χ3n) is 2.31. The summed E-state index contributed by atoms with van der Waals surface area (Å²) in [5, 5.41) is 0. The first-order valence-electron chi connectivity index (χ1n) is 5.08. The lowest BCUT2D eigenvalue weighted by Crippen LogP contribution is -2.37. The molecule has 4 heteroatoms. The zero-order valence-electron chi connectivity index (χ0n) is 9.45. The predicted octanol–water partition coefficient (Wildman–Crippen LogP) is 0.609. The molecule has 0 aliphatic heterocycles. The van der Waals surface area contributed by atoms with Crippen LogP contribution < -0.4 is 5.73 Å². The third kappa shape index (κ3) is 5.19. The SMILES string of the molecule is COCC(C)N(C)C(=O)CCCCN. The number of methoxy groups -OCH3 is 1. The average molecular weight is 202 g/mol. The Bertz CT molecular complexity index is 162. The van der Waals surface area contributed by atoms with E-state index in [2.05, 4.69) is 0 Å². The van der Waals surface area contributed by atoms with Crippen molar-refractivity contribution in [3.8, 4) is 0 Å². The van der Waals surface area contributed by atoms with E-state index in [1.54, 1.807) is 12.0 Å². The number of rotatable bonds is 7. The quantitative estimate of drug-likeness (QED) is 0.615. The molecule has 0 bridgehead atoms. The Balaban J connectivity index is 3.74. The summed E-state index contributed by atoms with van der Waals surface area (Å²) in [6.45, 7) is 3.22. The number of nitrogens with zero attached hydrogens (tertiary/aromatic N) is 1. The van der Waals surface area contributed by atoms with Crippen molar-refractivity contribution in [1.82, 2.24) is 4.90 Å². The van der Waals surface area contributed by atoms with Gasteiger partial charge >= 0.3 is 0 Å². The Morgan fingerprint density at radius 3 is 2.64 bits per heavy atom. The molecule has 1 amide bonds. The molecule has 14 heavy (non-hydrogen) atoms. The van der Waals surface area contributed by atoms with Crippen LogP contribution in [0.15, 0.2) is 0 Å². The maximum atomic E-state index is 11.6. The molecule has 0 saturated heterocycles. The fraction of sp³-hybridized carbons (Fsp3) is 0.900. The molecule has 2 N–H and O–H groups in total. The first kappa shape index (κ1) is 13.4. The number of carbonyl (C=O) groups excluding carboxylic acids is 1. The Kier molecular flexibility index (Phi) is 7.42. The van der Waals surface area contributed by atoms with Crippen LogP contribution in [-0.4, -0.2) is 44.2 Å². The normalized spacial score (nSPS) is 12.6. The largest absolute Gasteiger partial charge is 0.383 e. The maximum absolute atomic E-state index is 11.6. The second kappa shape index (κ2) is 7.76. The van der Waals surface area contributed by atoms with Gasteiger partial charge in [-0.3, -0.25) is 4.79 Å². The summed E-state index contributed by atoms with van der Waals surface area (Å²) >= 11 is 0. The second-order valence-electron chi connectivity index (χ2n) is 3.55. The zero-order valence-corrected chi connectivity index (χ0v) is 9.45. The van der Waals surface area contributed by atoms with Crippen LogP contribution in [0, 0.1) is 0 Å². The Hall–Kier alpha value is -0.610. The van der Waals surface area contributed by atoms with Crippen LogP contribution in [0.1, 0.15) is 26.2 Å². The van der Waals surface area contributed by atoms with Gasteiger partial charge in [-0.05, 0) is 26.3 Å². The summed E-state index contributed by atoms with van der Waals surface area (Å²) in [4.78, 5) is 13.3. The molecular weight excluding hydrogens is 180 g/mol. The predicted molar refractivity (Wildman–Crippen MR) is 57.0 cm³/mol. The molecule has 4 nitrogen and oxygen atoms in total. The van der Waals surface area contributed by atoms with Gasteiger partial charge in [0, 0.05) is 20.6 Å². The number of amides is 1. The van der Waals surface area contributed by atoms with E-state index < -0.39 is 0 Å². The van der Waals surface area contributed by atoms with Crippen LogP contribution in [-0.2, 0) is 9.53 Å². The number of nitrogens with two attached hydrogens (primary N) is 1. The molecule has 0 heterocycles. The van der Waals surface area contributed by atoms with Crippen LogP contribution in [0.5, 0.6) is 0 Å². The molecule has 0 aliphatic rings. The number of ether oxygens (including phenoxy) is 1. The molecule has 0 aromatic rings. The molecule has 0 radical (unpaired) electrons. The summed E-state index contributed by atoms with van der Waals surface area (Å²) in [6, 6.07) is 0.144. The Morgan fingerprint density at radius 1 is 1.50 bits per heavy atom. The van der Waals surface area contributed by atoms with Gasteiger partial charge in [-0.1, -0.05) is 0 Å². The highest BCUT2D eigenvalue weighted by Crippen LogP contribution is 2.03. The van der Waals surface area contributed by atoms with Gasteiger partial charge in [0.2, 0.25) is 5.91 Å². The van der Waals surface area contributed by atoms with E-state index in [9.17, 15) is 4.79 Å². The van der Waals surface area contributed by atoms with Crippen LogP contribution in [0.4, 0.5) is 0 Å². The van der Waals surface area contributed by atoms with E-state index in [-0.39, 0.29) is 11.9 Å². The van der Waals surface area contributed by atoms with Crippen molar-refractivity contribution < 1.29 is 9.53 Å². The summed E-state index contributed by atoms with van der Waals surface area (Å²) in [5.74, 6) is 0.169. The Labute approximate surface area is 86.4 Å². The van der Waals surface area contributed by atoms with Gasteiger partial charge in [0.25, 0.3) is 0 Å². The van der Waals surface area contributed by atoms with Crippen LogP contribution in [0.3, 0.4) is 0 Å². The summed E-state index contributed by atoms with van der Waals surface area (Å²) < 4.78 is 4.99. The van der Waals surface area contributed by atoms with Crippen molar-refractivity contribution >= 4 is 5.91 Å². The molecule has 1 unspecified atom stereocenters. The highest BCUT2D eigenvalue weighted by atomic mass is 16.5. The first-order chi connectivity index (χ1) is 6.63. The minimum Gasteiger partial charge on any atom is -0.383 e. The monoisotopic (exact) mass is 202 g/mol. The van der Waals surface area contributed by atoms with Crippen molar-refractivity contribution in [1.29, 1.82) is 0 Å². The Morgan fingerprint density at radius 2 is 2.14 bits per heavy atom. The minimum absolute atomic E-state index is 0.144. The lowest BCUT2D eigenvalue weighted by atomic mass is 10.2. The fourth-order valence-electron chi connectivity index (χ4n) is 1.20. The molecule has 0 fully saturated rings. The average Bonchev–Trinajstić information content (AvgIpc) is 2.17. The third-order valence-corrected chi connectivity index (χ3v) is 2.31. The highest BCUT2D eigenvalue weighted by molar-refractivity contribution is 5.76. The van der Waals surface area contributed by atoms with Gasteiger partial charge in [-0.15, -0.1) is 0 Å². The molecule has 0 aliphatic carbocycles. The van der Waals surface area contributed by atoms with Gasteiger partial charge in [0.15, 0.2) is 0 Å². The van der Waals surface area contributed by atoms with Crippen molar-refractivity contribution in [3.05, 3.63) is 0 Å². The molecule has 1 atom stereocenters. The van der Waals surface area contributed by atoms with E-state index >= 15 is 0 Å². The second-order valence-corrected chi connectivity index (χ2v) is 3.55. The standard InChI is InChI=1S/C10H22N2O2/c1-9(8-14-3)12(2)10(13)6-4-5-7-11/h9H,4-8,11H2,1-3H3. The van der Waals surface area contributed by atoms with Crippen molar-refractivity contribution in [2.45, 2.75) is 32.2 Å². The van der Waals surface area contributed by atoms with Crippen molar-refractivity contribution in [3.63, 3.8) is 0 Å². The zero-order chi connectivity index (χ0) is 11.0. The van der Waals surface area contributed by atoms with Gasteiger partial charge in [0.05, 0.1) is 12.6 Å². The lowest BCUT2D eigenvalue weighted by Gasteiger charge is -2.24. The van der Waals surface area contributed by atoms with Crippen LogP contribution in [0.25, 0.3) is 0 Å². The van der Waals surface area contributed by atoms with Crippen LogP contribution in [0.2, 0.25) is 0 Å². The van der Waals surface area contributed by atoms with Gasteiger partial charge < -0.3 is 15.4 Å². The topological polar surface area (TPSA) is 55.6 Å². The highest BCUT2D eigenvalue weighted by Gasteiger charge is 2.14. The van der Waals surface area contributed by atoms with E-state index in [0.29, 0.717) is 19.6 Å². The first-order valence-corrected chi connectivity index (χ1v) is 5.08. The van der Waals surface area contributed by atoms with E-state index in [1.807, 2.05) is 14.0 Å². The van der Waals surface area contributed by atoms with Gasteiger partial charge in [-0.2, -0.15) is 0 Å². The summed E-state index contributed by atoms with van der Waals surface area (Å²) in [5.41, 5.74) is 5.35. The maximum Gasteiger partial charge on any atom is 0.222 e. The molecule has 0 spiro atoms. The van der Waals surface area contributed by atoms with Crippen molar-refractivity contribution in [2.24, 2.45) is 5.73 Å². The smallest absolute Gasteiger partial charge is 0.222 e. The number of hydrogen-bond acceptors (Lipinski definition) is 3. The minimum atomic E-state index is 0.144. The van der Waals surface area contributed by atoms with Crippen LogP contribution >= 0.6 is 0 Å². The summed E-state index contributed by atoms with van der Waals surface area (Å²) in [6.07, 6.45) is 2.37. The van der Waals surface area contributed by atoms with E-state index in [0.717, 1.165) is 12.8 Å². The molecule has 0 aromatic heterocycles. The number of unbranched alkanes of at least 4 members (excludes halogenated alkanes) is 1. The number of carbonyl (C=O) groups is 1. The molecule has 84 valence electrons. The van der Waals surface area contributed by atoms with Crippen molar-refractivity contribution in [2.75, 3.05) is 27.3 Å². The van der Waals surface area contributed by atoms with E-state index in [1.165, 1.54) is 0 Å². The molecule has 0 saturated carbocycles. The van der Waals surface area contributed by atoms with Gasteiger partial charge in [0.1, 0.15) is 0 Å². The number of hydrogen-bond donors (Lipinski definition) is 1.